The van der Waals surface area contributed by atoms with Crippen LogP contribution in [0.2, 0.25) is 0 Å². The van der Waals surface area contributed by atoms with E-state index in [0.29, 0.717) is 33.4 Å². The molecule has 0 bridgehead atoms. The van der Waals surface area contributed by atoms with Crippen LogP contribution in [0.4, 0.5) is 48.3 Å². The van der Waals surface area contributed by atoms with E-state index in [1.54, 1.807) is 39.2 Å². The Kier molecular flexibility index (Phi) is 54.5. The average molecular weight is 2290 g/mol. The van der Waals surface area contributed by atoms with E-state index in [4.69, 9.17) is 52.1 Å². The third kappa shape index (κ3) is 44.3. The Hall–Kier alpha value is -10.1. The number of ether oxygens (including phenoxy) is 3. The van der Waals surface area contributed by atoms with Gasteiger partial charge in [0.2, 0.25) is 5.82 Å². The molecule has 0 heterocycles. The molecule has 0 saturated carbocycles. The van der Waals surface area contributed by atoms with Gasteiger partial charge in [-0.2, -0.15) is 30.7 Å². The molecule has 780 valence electrons. The van der Waals surface area contributed by atoms with Gasteiger partial charge in [-0.3, -0.25) is 9.25 Å². The van der Waals surface area contributed by atoms with Crippen LogP contribution in [-0.4, -0.2) is 110 Å². The number of rotatable bonds is 18. The minimum Gasteiger partial charge on any atom is -0.784 e. The monoisotopic (exact) mass is 2290 g/mol. The number of hydrogen-bond acceptors (Lipinski definition) is 24. The average Bonchev–Trinajstić information content (AvgIpc) is 0.736. The Morgan fingerprint density at radius 1 is 0.438 bits per heavy atom. The molecule has 21 nitrogen and oxygen atoms in total. The molecular weight excluding hydrogens is 2200 g/mol. The highest BCUT2D eigenvalue weighted by Crippen LogP contribution is 2.44. The highest BCUT2D eigenvalue weighted by molar-refractivity contribution is 7.97. The van der Waals surface area contributed by atoms with E-state index >= 15 is 0 Å². The number of halogens is 12. The van der Waals surface area contributed by atoms with Gasteiger partial charge in [-0.15, -0.1) is 36.6 Å². The van der Waals surface area contributed by atoms with Crippen molar-refractivity contribution in [1.29, 1.82) is 0 Å². The first kappa shape index (κ1) is 126. The van der Waals surface area contributed by atoms with Crippen molar-refractivity contribution in [3.8, 4) is 17.2 Å². The lowest BCUT2D eigenvalue weighted by Gasteiger charge is -2.16. The van der Waals surface area contributed by atoms with Crippen molar-refractivity contribution in [3.63, 3.8) is 0 Å². The molecular formula is C100H90ClF11O21S13-2. The summed E-state index contributed by atoms with van der Waals surface area (Å²) in [5.74, 6) is -10.8. The van der Waals surface area contributed by atoms with Gasteiger partial charge in [0.1, 0.15) is 63.6 Å². The van der Waals surface area contributed by atoms with E-state index in [0.717, 1.165) is 81.7 Å². The van der Waals surface area contributed by atoms with E-state index in [1.165, 1.54) is 99.7 Å². The second-order valence-electron chi connectivity index (χ2n) is 28.8. The van der Waals surface area contributed by atoms with Crippen molar-refractivity contribution in [2.45, 2.75) is 115 Å². The van der Waals surface area contributed by atoms with E-state index in [9.17, 15) is 92.5 Å². The molecule has 16 aromatic carbocycles. The topological polar surface area (TPSA) is 361 Å². The molecule has 0 radical (unpaired) electrons. The maximum Gasteiger partial charge on any atom is 0.485 e. The maximum absolute atomic E-state index is 12.6. The highest BCUT2D eigenvalue weighted by Gasteiger charge is 2.37. The van der Waals surface area contributed by atoms with E-state index in [2.05, 4.69) is 206 Å². The van der Waals surface area contributed by atoms with Gasteiger partial charge in [0.15, 0.2) is 72.9 Å². The van der Waals surface area contributed by atoms with E-state index in [-0.39, 0.29) is 20.7 Å². The molecule has 0 aliphatic carbocycles. The quantitative estimate of drug-likeness (QED) is 0.00643. The highest BCUT2D eigenvalue weighted by atomic mass is 35.5. The fraction of sp³-hybridized carbons (Fsp3) is 0.120. The summed E-state index contributed by atoms with van der Waals surface area (Å²) in [7, 11) is -17.5. The predicted molar refractivity (Wildman–Crippen MR) is 556 cm³/mol. The van der Waals surface area contributed by atoms with Crippen molar-refractivity contribution in [1.82, 2.24) is 0 Å². The first-order valence-corrected chi connectivity index (χ1v) is 55.0. The second-order valence-corrected chi connectivity index (χ2v) is 43.3. The van der Waals surface area contributed by atoms with Gasteiger partial charge in [0.05, 0.1) is 42.7 Å². The van der Waals surface area contributed by atoms with E-state index in [1.807, 2.05) is 166 Å². The Morgan fingerprint density at radius 3 is 1.16 bits per heavy atom. The summed E-state index contributed by atoms with van der Waals surface area (Å²) in [4.78, 5) is 10.4. The molecule has 0 aromatic heterocycles. The van der Waals surface area contributed by atoms with E-state index < -0.39 is 98.0 Å². The van der Waals surface area contributed by atoms with Crippen LogP contribution in [0.25, 0.3) is 43.1 Å². The molecule has 0 saturated heterocycles. The molecule has 16 aromatic rings. The lowest BCUT2D eigenvalue weighted by atomic mass is 10.0. The van der Waals surface area contributed by atoms with Crippen molar-refractivity contribution >= 4 is 203 Å². The van der Waals surface area contributed by atoms with Crippen LogP contribution >= 0.6 is 48.9 Å². The molecule has 0 amide bonds. The molecule has 16 rings (SSSR count). The predicted octanol–water partition coefficient (Wildman–Crippen LogP) is 22.8. The van der Waals surface area contributed by atoms with Crippen molar-refractivity contribution in [2.24, 2.45) is 0 Å². The van der Waals surface area contributed by atoms with Gasteiger partial charge in [0.25, 0.3) is 0 Å². The van der Waals surface area contributed by atoms with Gasteiger partial charge in [-0.1, -0.05) is 180 Å². The largest absolute Gasteiger partial charge is 0.784 e. The molecule has 0 spiro atoms. The summed E-state index contributed by atoms with van der Waals surface area (Å²) in [6.45, 7) is 6.28. The zero-order chi connectivity index (χ0) is 109. The minimum atomic E-state index is -6.09. The van der Waals surface area contributed by atoms with Gasteiger partial charge in [-0.25, -0.2) is 55.6 Å². The molecule has 0 aliphatic rings. The lowest BCUT2D eigenvalue weighted by molar-refractivity contribution is -0.777. The number of hydrogen-bond donors (Lipinski definition) is 2. The summed E-state index contributed by atoms with van der Waals surface area (Å²) in [5, 5.41) is 21.4. The molecule has 0 fully saturated rings. The van der Waals surface area contributed by atoms with Crippen molar-refractivity contribution in [2.75, 3.05) is 32.3 Å². The van der Waals surface area contributed by atoms with Gasteiger partial charge >= 0.3 is 12.2 Å². The number of benzene rings is 16. The summed E-state index contributed by atoms with van der Waals surface area (Å²) in [6, 6.07) is 108. The number of fused-ring (bicyclic) bond motifs is 4. The SMILES string of the molecule is CCOc1ccc([SH+]c2ccc(C)cc2)cc1.COc1c2ccccc2c(OC)c2cc(S(=O)(=O)[O-])ccc12.C[S+](CCl)c1ccccc1.Cc1cc(C)c(S(=O)(=O)[O-])c(C)c1.FC(F)F.O=S(=O)([O-])C(F)(F)F.O=S(=O)([O-])c1c(F)c(F)c(F)c(F)c1F.O=S([O-])[O-].Sc1ccc([SH+]c2ccccc2)cc1.Sc1ccc([SH+]c2ccccc2)cc1.[O-]OOSc1cccc2cc3ccccc3cc12.[SH2+]c1ccccc1. The van der Waals surface area contributed by atoms with Gasteiger partial charge in [0, 0.05) is 82.4 Å². The molecule has 146 heavy (non-hydrogen) atoms. The van der Waals surface area contributed by atoms with Crippen LogP contribution in [0.5, 0.6) is 17.2 Å². The minimum absolute atomic E-state index is 0.0851. The first-order valence-electron chi connectivity index (χ1n) is 41.2. The van der Waals surface area contributed by atoms with Crippen LogP contribution in [0.1, 0.15) is 29.2 Å². The van der Waals surface area contributed by atoms with Crippen LogP contribution < -0.4 is 19.5 Å². The first-order chi connectivity index (χ1) is 68.8. The lowest BCUT2D eigenvalue weighted by Crippen LogP contribution is -2.21. The fourth-order valence-corrected chi connectivity index (χ4v) is 19.0. The summed E-state index contributed by atoms with van der Waals surface area (Å²) >= 11 is 19.1. The Labute approximate surface area is 881 Å². The van der Waals surface area contributed by atoms with Crippen molar-refractivity contribution in [3.05, 3.63) is 379 Å². The summed E-state index contributed by atoms with van der Waals surface area (Å²) in [6.07, 6.45) is 2.16. The second kappa shape index (κ2) is 63.0. The Morgan fingerprint density at radius 2 is 0.788 bits per heavy atom. The van der Waals surface area contributed by atoms with Crippen molar-refractivity contribution < 1.29 is 142 Å². The molecule has 0 aliphatic heterocycles. The summed E-state index contributed by atoms with van der Waals surface area (Å²) < 4.78 is 293. The number of alkyl halides is 7. The maximum atomic E-state index is 12.6. The Bertz CT molecular complexity index is 7180. The van der Waals surface area contributed by atoms with Crippen LogP contribution in [-0.2, 0) is 120 Å². The van der Waals surface area contributed by atoms with Crippen LogP contribution in [0.15, 0.2) is 396 Å². The third-order valence-electron chi connectivity index (χ3n) is 18.3. The zero-order valence-electron chi connectivity index (χ0n) is 77.4. The summed E-state index contributed by atoms with van der Waals surface area (Å²) in [5.41, 5.74) is -2.34. The standard InChI is InChI=1S/C16H14O5S.C15H16OS.C14H10O3S.2C12H10S2.C9H12O3S.C8H10ClS.C6HF5O3S.C6H6S.CHF3O3S.CHF3.H2O3S/c1-20-15-11-5-3-4-6-12(11)16(21-2)14-9-10(22(17,18)19)7-8-13(14)15;1-3-16-13-6-10-15(11-7-13)17-14-8-4-12(2)5-9-14;15-16-17-18-14-7-3-6-12-8-10-4-1-2-5-11(10)9-13(12)14;2*13-10-6-8-12(9-7-10)14-11-4-2-1-3-5-11;1-6-4-7(2)9(8(3)5-6)13(10,11)12;1-10(7-9)8-5-3-2-4-6-8;7-1-2(8)4(10)6(15(12,13)14)5(11)3(1)9;7-6-4-2-1-3-5-6;2-1(3,4)8(5,6)7;2-1(3)4;1-4(2)3/h3-9H,1-2H3,(H,17,18,19);4-11H,3H2,1-2H3;1-9,15H;2*1-9,13H;4-5H,1-3H3,(H,10,11,12);2-6H,7H2,1H3;(H,12,13,14);1-5,7H;(H,5,6,7);1H;(H2,1,2,3)/q;;;;;;+1;;;;;/p-3. The number of thiol groups is 5. The van der Waals surface area contributed by atoms with Gasteiger partial charge < -0.3 is 46.8 Å². The third-order valence-corrected chi connectivity index (χ3v) is 29.0. The van der Waals surface area contributed by atoms with Gasteiger partial charge in [-0.05, 0) is 250 Å². The number of aryl methyl sites for hydroxylation is 4. The smallest absolute Gasteiger partial charge is 0.485 e. The molecule has 1 unspecified atom stereocenters. The normalized spacial score (nSPS) is 11.1. The zero-order valence-corrected chi connectivity index (χ0v) is 89.3. The molecule has 46 heteroatoms. The fourth-order valence-electron chi connectivity index (χ4n) is 12.2. The number of methoxy groups -OCH3 is 2. The van der Waals surface area contributed by atoms with Crippen LogP contribution in [0, 0.1) is 56.8 Å². The molecule has 0 N–H and O–H groups in total. The molecule has 1 atom stereocenters. The van der Waals surface area contributed by atoms with Crippen LogP contribution in [0.3, 0.4) is 0 Å². The Balaban J connectivity index is 0.000000286.